The van der Waals surface area contributed by atoms with Crippen LogP contribution in [0.1, 0.15) is 16.5 Å². The normalized spacial score (nSPS) is 11.7. The van der Waals surface area contributed by atoms with Gasteiger partial charge in [-0.15, -0.1) is 11.3 Å². The molecule has 1 unspecified atom stereocenters. The second-order valence-electron chi connectivity index (χ2n) is 4.24. The van der Waals surface area contributed by atoms with Crippen molar-refractivity contribution in [3.05, 3.63) is 58.0 Å². The highest BCUT2D eigenvalue weighted by atomic mass is 32.1. The number of benzene rings is 1. The number of aliphatic carboxylic acids is 1. The van der Waals surface area contributed by atoms with Gasteiger partial charge in [-0.1, -0.05) is 18.2 Å². The maximum atomic E-state index is 12.7. The summed E-state index contributed by atoms with van der Waals surface area (Å²) in [5.41, 5.74) is 0.717. The van der Waals surface area contributed by atoms with Gasteiger partial charge in [0.1, 0.15) is 5.82 Å². The van der Waals surface area contributed by atoms with Crippen LogP contribution >= 0.6 is 11.3 Å². The van der Waals surface area contributed by atoms with Crippen molar-refractivity contribution in [2.24, 2.45) is 0 Å². The van der Waals surface area contributed by atoms with Gasteiger partial charge in [0.2, 0.25) is 0 Å². The van der Waals surface area contributed by atoms with E-state index in [1.807, 2.05) is 0 Å². The zero-order valence-corrected chi connectivity index (χ0v) is 11.7. The summed E-state index contributed by atoms with van der Waals surface area (Å²) in [6, 6.07) is 7.35. The van der Waals surface area contributed by atoms with Gasteiger partial charge in [-0.25, -0.2) is 14.0 Å². The Hall–Kier alpha value is -2.41. The molecule has 0 fully saturated rings. The summed E-state index contributed by atoms with van der Waals surface area (Å²) < 4.78 is 12.7. The average Bonchev–Trinajstić information content (AvgIpc) is 2.97. The van der Waals surface area contributed by atoms with Gasteiger partial charge in [0.05, 0.1) is 0 Å². The number of hydrogen-bond donors (Lipinski definition) is 3. The Morgan fingerprint density at radius 3 is 2.52 bits per heavy atom. The van der Waals surface area contributed by atoms with E-state index in [1.54, 1.807) is 29.6 Å². The van der Waals surface area contributed by atoms with Crippen molar-refractivity contribution in [1.82, 2.24) is 10.6 Å². The summed E-state index contributed by atoms with van der Waals surface area (Å²) in [5.74, 6) is -1.48. The lowest BCUT2D eigenvalue weighted by Crippen LogP contribution is -2.40. The summed E-state index contributed by atoms with van der Waals surface area (Å²) >= 11 is 1.25. The lowest BCUT2D eigenvalue weighted by atomic mass is 10.2. The number of halogens is 1. The fourth-order valence-corrected chi connectivity index (χ4v) is 2.44. The molecular weight excluding hydrogens is 295 g/mol. The van der Waals surface area contributed by atoms with Crippen LogP contribution in [-0.4, -0.2) is 17.1 Å². The first-order valence-electron chi connectivity index (χ1n) is 6.11. The highest BCUT2D eigenvalue weighted by molar-refractivity contribution is 7.10. The summed E-state index contributed by atoms with van der Waals surface area (Å²) in [5, 5.41) is 15.8. The molecule has 0 bridgehead atoms. The van der Waals surface area contributed by atoms with Crippen molar-refractivity contribution >= 4 is 23.3 Å². The number of hydrogen-bond acceptors (Lipinski definition) is 3. The number of carboxylic acids is 1. The number of amides is 2. The molecule has 7 heteroatoms. The van der Waals surface area contributed by atoms with Crippen LogP contribution in [0, 0.1) is 5.82 Å². The van der Waals surface area contributed by atoms with Crippen molar-refractivity contribution in [2.75, 3.05) is 0 Å². The van der Waals surface area contributed by atoms with Gasteiger partial charge in [-0.3, -0.25) is 0 Å². The van der Waals surface area contributed by atoms with Crippen molar-refractivity contribution in [3.8, 4) is 0 Å². The number of carbonyl (C=O) groups is 2. The summed E-state index contributed by atoms with van der Waals surface area (Å²) in [7, 11) is 0. The van der Waals surface area contributed by atoms with E-state index in [9.17, 15) is 14.0 Å². The predicted octanol–water partition coefficient (Wildman–Crippen LogP) is 2.51. The van der Waals surface area contributed by atoms with Crippen molar-refractivity contribution in [2.45, 2.75) is 12.6 Å². The average molecular weight is 308 g/mol. The molecule has 5 nitrogen and oxygen atoms in total. The maximum Gasteiger partial charge on any atom is 0.331 e. The third-order valence-corrected chi connectivity index (χ3v) is 3.65. The zero-order valence-electron chi connectivity index (χ0n) is 10.9. The number of urea groups is 1. The summed E-state index contributed by atoms with van der Waals surface area (Å²) in [4.78, 5) is 23.4. The van der Waals surface area contributed by atoms with Crippen LogP contribution < -0.4 is 10.6 Å². The molecule has 1 aromatic heterocycles. The number of nitrogens with one attached hydrogen (secondary N) is 2. The monoisotopic (exact) mass is 308 g/mol. The predicted molar refractivity (Wildman–Crippen MR) is 76.5 cm³/mol. The fraction of sp³-hybridized carbons (Fsp3) is 0.143. The Morgan fingerprint density at radius 2 is 1.95 bits per heavy atom. The molecule has 0 spiro atoms. The largest absolute Gasteiger partial charge is 0.479 e. The van der Waals surface area contributed by atoms with E-state index >= 15 is 0 Å². The third kappa shape index (κ3) is 4.28. The Balaban J connectivity index is 1.91. The Labute approximate surface area is 124 Å². The van der Waals surface area contributed by atoms with E-state index in [1.165, 1.54) is 23.5 Å². The summed E-state index contributed by atoms with van der Waals surface area (Å²) in [6.45, 7) is 0.183. The minimum Gasteiger partial charge on any atom is -0.479 e. The van der Waals surface area contributed by atoms with Crippen LogP contribution in [0.4, 0.5) is 9.18 Å². The van der Waals surface area contributed by atoms with E-state index in [2.05, 4.69) is 10.6 Å². The van der Waals surface area contributed by atoms with Crippen molar-refractivity contribution in [3.63, 3.8) is 0 Å². The van der Waals surface area contributed by atoms with Crippen LogP contribution in [0.5, 0.6) is 0 Å². The number of thiophene rings is 1. The molecule has 1 aromatic carbocycles. The molecule has 1 atom stereocenters. The SMILES string of the molecule is O=C(NCc1ccc(F)cc1)NC(C(=O)O)c1cccs1. The first-order valence-corrected chi connectivity index (χ1v) is 6.99. The van der Waals surface area contributed by atoms with Crippen LogP contribution in [0.3, 0.4) is 0 Å². The van der Waals surface area contributed by atoms with Crippen LogP contribution in [-0.2, 0) is 11.3 Å². The van der Waals surface area contributed by atoms with E-state index in [0.717, 1.165) is 5.56 Å². The smallest absolute Gasteiger partial charge is 0.331 e. The van der Waals surface area contributed by atoms with Gasteiger partial charge in [-0.05, 0) is 29.1 Å². The van der Waals surface area contributed by atoms with Gasteiger partial charge in [0.25, 0.3) is 0 Å². The number of rotatable bonds is 5. The molecular formula is C14H13FN2O3S. The molecule has 2 amide bonds. The lowest BCUT2D eigenvalue weighted by molar-refractivity contribution is -0.139. The molecule has 0 saturated carbocycles. The topological polar surface area (TPSA) is 78.4 Å². The molecule has 1 heterocycles. The standard InChI is InChI=1S/C14H13FN2O3S/c15-10-5-3-9(4-6-10)8-16-14(20)17-12(13(18)19)11-2-1-7-21-11/h1-7,12H,8H2,(H,18,19)(H2,16,17,20). The Bertz CT molecular complexity index is 614. The van der Waals surface area contributed by atoms with Crippen molar-refractivity contribution < 1.29 is 19.1 Å². The molecule has 3 N–H and O–H groups in total. The van der Waals surface area contributed by atoms with Crippen LogP contribution in [0.2, 0.25) is 0 Å². The molecule has 21 heavy (non-hydrogen) atoms. The van der Waals surface area contributed by atoms with Gasteiger partial charge in [0.15, 0.2) is 6.04 Å². The molecule has 0 aliphatic rings. The molecule has 2 aromatic rings. The van der Waals surface area contributed by atoms with E-state index in [0.29, 0.717) is 4.88 Å². The van der Waals surface area contributed by atoms with Gasteiger partial charge >= 0.3 is 12.0 Å². The molecule has 110 valence electrons. The van der Waals surface area contributed by atoms with E-state index in [4.69, 9.17) is 5.11 Å². The maximum absolute atomic E-state index is 12.7. The number of carbonyl (C=O) groups excluding carboxylic acids is 1. The molecule has 0 radical (unpaired) electrons. The minimum atomic E-state index is -1.13. The lowest BCUT2D eigenvalue weighted by Gasteiger charge is -2.13. The highest BCUT2D eigenvalue weighted by Crippen LogP contribution is 2.18. The fourth-order valence-electron chi connectivity index (χ4n) is 1.68. The highest BCUT2D eigenvalue weighted by Gasteiger charge is 2.22. The molecule has 0 aliphatic carbocycles. The second kappa shape index (κ2) is 6.85. The van der Waals surface area contributed by atoms with Gasteiger partial charge in [-0.2, -0.15) is 0 Å². The quantitative estimate of drug-likeness (QED) is 0.794. The molecule has 0 aliphatic heterocycles. The van der Waals surface area contributed by atoms with Crippen LogP contribution in [0.25, 0.3) is 0 Å². The first-order chi connectivity index (χ1) is 10.1. The third-order valence-electron chi connectivity index (χ3n) is 2.72. The van der Waals surface area contributed by atoms with Crippen LogP contribution in [0.15, 0.2) is 41.8 Å². The minimum absolute atomic E-state index is 0.183. The number of carboxylic acid groups (broad SMARTS) is 1. The first kappa shape index (κ1) is 15.0. The van der Waals surface area contributed by atoms with E-state index in [-0.39, 0.29) is 12.4 Å². The van der Waals surface area contributed by atoms with Crippen molar-refractivity contribution in [1.29, 1.82) is 0 Å². The van der Waals surface area contributed by atoms with Gasteiger partial charge < -0.3 is 15.7 Å². The van der Waals surface area contributed by atoms with Gasteiger partial charge in [0, 0.05) is 11.4 Å². The molecule has 0 saturated heterocycles. The second-order valence-corrected chi connectivity index (χ2v) is 5.22. The van der Waals surface area contributed by atoms with E-state index < -0.39 is 18.0 Å². The Kier molecular flexibility index (Phi) is 4.89. The Morgan fingerprint density at radius 1 is 1.24 bits per heavy atom. The summed E-state index contributed by atoms with van der Waals surface area (Å²) in [6.07, 6.45) is 0. The zero-order chi connectivity index (χ0) is 15.2. The molecule has 2 rings (SSSR count).